The van der Waals surface area contributed by atoms with Crippen LogP contribution in [0.1, 0.15) is 39.4 Å². The molecule has 1 aromatic rings. The van der Waals surface area contributed by atoms with E-state index in [0.717, 1.165) is 0 Å². The number of aliphatic carboxylic acids is 1. The maximum absolute atomic E-state index is 12.1. The minimum Gasteiger partial charge on any atom is -0.480 e. The molecule has 1 heterocycles. The maximum Gasteiger partial charge on any atom is 0.408 e. The van der Waals surface area contributed by atoms with Crippen molar-refractivity contribution in [3.05, 3.63) is 27.8 Å². The Morgan fingerprint density at radius 1 is 1.22 bits per heavy atom. The van der Waals surface area contributed by atoms with Gasteiger partial charge in [-0.2, -0.15) is 13.5 Å². The third kappa shape index (κ3) is 7.37. The fourth-order valence-corrected chi connectivity index (χ4v) is 2.53. The first-order valence-electron chi connectivity index (χ1n) is 9.12. The monoisotopic (exact) mass is 475 g/mol. The molecule has 13 nitrogen and oxygen atoms in total. The number of carbonyl (C=O) groups is 3. The number of benzene rings is 1. The summed E-state index contributed by atoms with van der Waals surface area (Å²) < 4.78 is 20.4. The lowest BCUT2D eigenvalue weighted by molar-refractivity contribution is -0.386. The van der Waals surface area contributed by atoms with E-state index < -0.39 is 47.4 Å². The maximum atomic E-state index is 12.1. The van der Waals surface area contributed by atoms with Crippen LogP contribution in [0.4, 0.5) is 15.3 Å². The highest BCUT2D eigenvalue weighted by Gasteiger charge is 2.29. The van der Waals surface area contributed by atoms with Crippen molar-refractivity contribution >= 4 is 37.3 Å². The molecule has 0 fully saturated rings. The van der Waals surface area contributed by atoms with E-state index in [1.807, 2.05) is 0 Å². The Morgan fingerprint density at radius 3 is 2.34 bits per heavy atom. The van der Waals surface area contributed by atoms with Crippen LogP contribution in [0.5, 0.6) is 11.5 Å². The number of nitro benzene ring substituents is 1. The van der Waals surface area contributed by atoms with Crippen LogP contribution in [0.3, 0.4) is 0 Å². The predicted octanol–water partition coefficient (Wildman–Crippen LogP) is 2.20. The molecule has 0 aliphatic carbocycles. The molecular formula is C18H25N3O10S. The summed E-state index contributed by atoms with van der Waals surface area (Å²) in [6, 6.07) is 1.01. The molecule has 3 N–H and O–H groups in total. The number of nitrogens with one attached hydrogen (secondary N) is 2. The topological polar surface area (TPSA) is 176 Å². The molecule has 0 saturated carbocycles. The van der Waals surface area contributed by atoms with E-state index in [9.17, 15) is 29.6 Å². The average Bonchev–Trinajstić information content (AvgIpc) is 3.09. The Balaban J connectivity index is 0.00000512. The highest BCUT2D eigenvalue weighted by atomic mass is 32.1. The van der Waals surface area contributed by atoms with Crippen molar-refractivity contribution < 1.29 is 43.4 Å². The summed E-state index contributed by atoms with van der Waals surface area (Å²) >= 11 is 0. The first-order valence-corrected chi connectivity index (χ1v) is 9.12. The first-order chi connectivity index (χ1) is 14.4. The fourth-order valence-electron chi connectivity index (χ4n) is 2.53. The summed E-state index contributed by atoms with van der Waals surface area (Å²) in [7, 11) is 0. The van der Waals surface area contributed by atoms with Gasteiger partial charge in [-0.1, -0.05) is 0 Å². The predicted molar refractivity (Wildman–Crippen MR) is 113 cm³/mol. The molecule has 0 radical (unpaired) electrons. The van der Waals surface area contributed by atoms with Crippen molar-refractivity contribution in [3.8, 4) is 11.5 Å². The molecule has 0 saturated heterocycles. The number of rotatable bonds is 7. The van der Waals surface area contributed by atoms with E-state index in [1.54, 1.807) is 20.8 Å². The Kier molecular flexibility index (Phi) is 8.94. The van der Waals surface area contributed by atoms with Crippen molar-refractivity contribution in [2.45, 2.75) is 45.4 Å². The van der Waals surface area contributed by atoms with Crippen molar-refractivity contribution in [3.63, 3.8) is 0 Å². The van der Waals surface area contributed by atoms with E-state index in [0.29, 0.717) is 0 Å². The van der Waals surface area contributed by atoms with Crippen LogP contribution in [0.25, 0.3) is 0 Å². The average molecular weight is 475 g/mol. The second-order valence-corrected chi connectivity index (χ2v) is 7.49. The van der Waals surface area contributed by atoms with Gasteiger partial charge in [0.1, 0.15) is 17.7 Å². The van der Waals surface area contributed by atoms with Gasteiger partial charge in [-0.05, 0) is 33.8 Å². The smallest absolute Gasteiger partial charge is 0.408 e. The van der Waals surface area contributed by atoms with E-state index in [1.165, 1.54) is 19.1 Å². The van der Waals surface area contributed by atoms with Gasteiger partial charge in [-0.25, -0.2) is 14.4 Å². The second kappa shape index (κ2) is 10.7. The molecule has 178 valence electrons. The van der Waals surface area contributed by atoms with Gasteiger partial charge in [-0.3, -0.25) is 10.1 Å². The van der Waals surface area contributed by atoms with Crippen LogP contribution in [-0.2, 0) is 14.3 Å². The highest BCUT2D eigenvalue weighted by Crippen LogP contribution is 2.40. The minimum absolute atomic E-state index is 0. The van der Waals surface area contributed by atoms with Crippen LogP contribution in [-0.4, -0.2) is 53.2 Å². The van der Waals surface area contributed by atoms with Crippen molar-refractivity contribution in [2.75, 3.05) is 13.3 Å². The first kappa shape index (κ1) is 26.6. The van der Waals surface area contributed by atoms with Crippen molar-refractivity contribution in [1.82, 2.24) is 10.6 Å². The Hall–Kier alpha value is -3.42. The van der Waals surface area contributed by atoms with Gasteiger partial charge in [0.15, 0.2) is 11.5 Å². The number of amides is 2. The molecule has 1 unspecified atom stereocenters. The number of fused-ring (bicyclic) bond motifs is 1. The quantitative estimate of drug-likeness (QED) is 0.391. The third-order valence-electron chi connectivity index (χ3n) is 3.88. The normalized spacial score (nSPS) is 13.8. The zero-order valence-corrected chi connectivity index (χ0v) is 18.8. The number of carboxylic acids is 1. The Labute approximate surface area is 189 Å². The van der Waals surface area contributed by atoms with Crippen LogP contribution < -0.4 is 20.1 Å². The third-order valence-corrected chi connectivity index (χ3v) is 3.88. The lowest BCUT2D eigenvalue weighted by Crippen LogP contribution is -2.49. The molecular weight excluding hydrogens is 450 g/mol. The molecule has 0 aromatic heterocycles. The Morgan fingerprint density at radius 2 is 1.81 bits per heavy atom. The largest absolute Gasteiger partial charge is 0.480 e. The van der Waals surface area contributed by atoms with Gasteiger partial charge in [0.2, 0.25) is 6.79 Å². The molecule has 2 atom stereocenters. The zero-order valence-electron chi connectivity index (χ0n) is 17.8. The number of nitrogens with zero attached hydrogens (tertiary/aromatic N) is 1. The van der Waals surface area contributed by atoms with Crippen LogP contribution >= 0.6 is 13.5 Å². The van der Waals surface area contributed by atoms with E-state index in [2.05, 4.69) is 10.6 Å². The fraction of sp³-hybridized carbons (Fsp3) is 0.500. The Bertz CT molecular complexity index is 886. The number of carboxylic acid groups (broad SMARTS) is 1. The van der Waals surface area contributed by atoms with Crippen LogP contribution in [0.15, 0.2) is 12.1 Å². The SMILES string of the molecule is CC(OC(=O)NC[C@H](NC(=O)OC(C)(C)C)C(=O)O)c1cc2c(cc1[N+](=O)[O-])OCO2.S. The summed E-state index contributed by atoms with van der Waals surface area (Å²) in [5, 5.41) is 24.9. The molecule has 1 aliphatic rings. The number of ether oxygens (including phenoxy) is 4. The molecule has 1 aromatic carbocycles. The molecule has 0 bridgehead atoms. The summed E-state index contributed by atoms with van der Waals surface area (Å²) in [6.07, 6.45) is -3.09. The van der Waals surface area contributed by atoms with Crippen molar-refractivity contribution in [2.24, 2.45) is 0 Å². The zero-order chi connectivity index (χ0) is 23.3. The number of hydrogen-bond donors (Lipinski definition) is 3. The minimum atomic E-state index is -1.49. The van der Waals surface area contributed by atoms with Crippen LogP contribution in [0.2, 0.25) is 0 Å². The van der Waals surface area contributed by atoms with Crippen LogP contribution in [0, 0.1) is 10.1 Å². The van der Waals surface area contributed by atoms with Gasteiger partial charge >= 0.3 is 18.2 Å². The summed E-state index contributed by atoms with van der Waals surface area (Å²) in [5.41, 5.74) is -1.11. The van der Waals surface area contributed by atoms with Crippen molar-refractivity contribution in [1.29, 1.82) is 0 Å². The van der Waals surface area contributed by atoms with Gasteiger partial charge < -0.3 is 34.7 Å². The van der Waals surface area contributed by atoms with E-state index in [4.69, 9.17) is 18.9 Å². The van der Waals surface area contributed by atoms with E-state index in [-0.39, 0.29) is 43.0 Å². The molecule has 2 rings (SSSR count). The molecule has 0 spiro atoms. The molecule has 2 amide bonds. The van der Waals surface area contributed by atoms with Gasteiger partial charge in [0, 0.05) is 0 Å². The lowest BCUT2D eigenvalue weighted by Gasteiger charge is -2.22. The molecule has 1 aliphatic heterocycles. The number of carbonyl (C=O) groups excluding carboxylic acids is 2. The summed E-state index contributed by atoms with van der Waals surface area (Å²) in [6.45, 7) is 5.62. The summed E-state index contributed by atoms with van der Waals surface area (Å²) in [4.78, 5) is 45.8. The molecule has 14 heteroatoms. The highest BCUT2D eigenvalue weighted by molar-refractivity contribution is 7.59. The number of hydrogen-bond acceptors (Lipinski definition) is 9. The number of alkyl carbamates (subject to hydrolysis) is 2. The second-order valence-electron chi connectivity index (χ2n) is 7.49. The lowest BCUT2D eigenvalue weighted by atomic mass is 10.1. The standard InChI is InChI=1S/C18H23N3O10.H2S/c1-9(10-5-13-14(29-8-28-13)6-12(10)21(26)27)30-16(24)19-7-11(15(22)23)20-17(25)31-18(2,3)4;/h5-6,9,11H,7-8H2,1-4H3,(H,19,24)(H,20,25)(H,22,23);1H2/t9?,11-;/m0./s1. The van der Waals surface area contributed by atoms with Gasteiger partial charge in [0.05, 0.1) is 23.1 Å². The van der Waals surface area contributed by atoms with E-state index >= 15 is 0 Å². The van der Waals surface area contributed by atoms with Gasteiger partial charge in [-0.15, -0.1) is 0 Å². The van der Waals surface area contributed by atoms with Gasteiger partial charge in [0.25, 0.3) is 5.69 Å². The number of nitro groups is 1. The summed E-state index contributed by atoms with van der Waals surface area (Å²) in [5.74, 6) is -0.945. The molecule has 32 heavy (non-hydrogen) atoms.